The largest absolute Gasteiger partial charge is 0.467 e. The van der Waals surface area contributed by atoms with E-state index in [0.717, 1.165) is 6.07 Å². The number of benzene rings is 2. The summed E-state index contributed by atoms with van der Waals surface area (Å²) in [5.41, 5.74) is -0.589. The molecular weight excluding hydrogens is 733 g/mol. The summed E-state index contributed by atoms with van der Waals surface area (Å²) in [5, 5.41) is 8.30. The maximum atomic E-state index is 13.0. The Labute approximate surface area is 304 Å². The van der Waals surface area contributed by atoms with Gasteiger partial charge >= 0.3 is 24.0 Å². The van der Waals surface area contributed by atoms with Crippen LogP contribution < -0.4 is 10.5 Å². The number of halogens is 2. The van der Waals surface area contributed by atoms with E-state index in [2.05, 4.69) is 5.32 Å². The summed E-state index contributed by atoms with van der Waals surface area (Å²) < 4.78 is 49.0. The topological polar surface area (TPSA) is 211 Å². The average Bonchev–Trinajstić information content (AvgIpc) is 3.57. The summed E-state index contributed by atoms with van der Waals surface area (Å²) in [7, 11) is -4.26. The van der Waals surface area contributed by atoms with Gasteiger partial charge in [0.15, 0.2) is 5.78 Å². The Morgan fingerprint density at radius 3 is 2.20 bits per heavy atom. The second-order valence-corrected chi connectivity index (χ2v) is 14.2. The summed E-state index contributed by atoms with van der Waals surface area (Å²) in [5.74, 6) is -3.54. The van der Waals surface area contributed by atoms with Crippen LogP contribution in [0.4, 0.5) is 10.5 Å². The molecule has 1 unspecified atom stereocenters. The number of unbranched alkanes of at least 4 members (excludes halogenated alkanes) is 1. The van der Waals surface area contributed by atoms with Gasteiger partial charge < -0.3 is 28.7 Å². The monoisotopic (exact) mass is 769 g/mol. The summed E-state index contributed by atoms with van der Waals surface area (Å²) in [6.45, 7) is 5.37. The van der Waals surface area contributed by atoms with Gasteiger partial charge in [0.2, 0.25) is 16.8 Å². The van der Waals surface area contributed by atoms with E-state index in [-0.39, 0.29) is 54.4 Å². The van der Waals surface area contributed by atoms with Crippen molar-refractivity contribution < 1.29 is 55.8 Å². The van der Waals surface area contributed by atoms with Crippen LogP contribution in [0.25, 0.3) is 0 Å². The molecule has 1 amide bonds. The number of nitrogens with zero attached hydrogens (tertiary/aromatic N) is 1. The zero-order chi connectivity index (χ0) is 37.9. The fraction of sp³-hybridized carbons (Fsp3) is 0.364. The number of amides is 1. The number of ketones is 1. The van der Waals surface area contributed by atoms with Crippen LogP contribution in [0.5, 0.6) is 0 Å². The van der Waals surface area contributed by atoms with E-state index in [1.807, 2.05) is 0 Å². The molecule has 3 aromatic rings. The predicted molar refractivity (Wildman–Crippen MR) is 184 cm³/mol. The second kappa shape index (κ2) is 18.0. The van der Waals surface area contributed by atoms with Crippen molar-refractivity contribution >= 4 is 68.7 Å². The Balaban J connectivity index is 1.44. The molecule has 15 nitrogen and oxygen atoms in total. The normalized spacial score (nSPS) is 12.0. The van der Waals surface area contributed by atoms with Gasteiger partial charge in [-0.05, 0) is 76.9 Å². The van der Waals surface area contributed by atoms with Gasteiger partial charge in [0.05, 0.1) is 48.3 Å². The quantitative estimate of drug-likeness (QED) is 0.0500. The molecule has 2 aromatic carbocycles. The van der Waals surface area contributed by atoms with E-state index in [1.54, 1.807) is 51.1 Å². The van der Waals surface area contributed by atoms with Gasteiger partial charge in [-0.25, -0.2) is 32.7 Å². The maximum Gasteiger partial charge on any atom is 0.420 e. The number of hydrogen-bond acceptors (Lipinski definition) is 13. The van der Waals surface area contributed by atoms with Crippen molar-refractivity contribution in [3.63, 3.8) is 0 Å². The first-order valence-electron chi connectivity index (χ1n) is 15.3. The van der Waals surface area contributed by atoms with Crippen LogP contribution in [-0.4, -0.2) is 74.7 Å². The van der Waals surface area contributed by atoms with Gasteiger partial charge in [-0.2, -0.15) is 0 Å². The molecule has 276 valence electrons. The van der Waals surface area contributed by atoms with E-state index in [4.69, 9.17) is 51.7 Å². The lowest BCUT2D eigenvalue weighted by molar-refractivity contribution is -0.173. The van der Waals surface area contributed by atoms with Crippen LogP contribution in [0.3, 0.4) is 0 Å². The Kier molecular flexibility index (Phi) is 14.4. The highest BCUT2D eigenvalue weighted by Gasteiger charge is 2.36. The lowest BCUT2D eigenvalue weighted by Crippen LogP contribution is -2.53. The number of Topliss-reactive ketones (excluding diaryl/α,β-unsaturated/α-hetero) is 1. The van der Waals surface area contributed by atoms with Crippen molar-refractivity contribution in [1.29, 1.82) is 0 Å². The zero-order valence-electron chi connectivity index (χ0n) is 28.1. The number of rotatable bonds is 15. The Morgan fingerprint density at radius 2 is 1.59 bits per heavy atom. The number of sulfonamides is 1. The molecule has 3 N–H and O–H groups in total. The molecule has 1 heterocycles. The first-order chi connectivity index (χ1) is 23.9. The van der Waals surface area contributed by atoms with Gasteiger partial charge in [-0.1, -0.05) is 35.3 Å². The molecule has 18 heteroatoms. The van der Waals surface area contributed by atoms with Crippen LogP contribution in [0.2, 0.25) is 10.0 Å². The SMILES string of the molecule is CC(C(=O)c1cccc(Cl)c1)N(C(=O)OCOC(=O)C(=O)OCCCCOC(=O)c1cc(S(N)(=O)=O)c(Cl)cc1NCc1ccco1)C(C)(C)C. The number of ether oxygens (including phenoxy) is 4. The van der Waals surface area contributed by atoms with Crippen molar-refractivity contribution in [2.75, 3.05) is 25.3 Å². The molecule has 0 aliphatic heterocycles. The molecule has 1 aromatic heterocycles. The highest BCUT2D eigenvalue weighted by molar-refractivity contribution is 7.89. The first kappa shape index (κ1) is 40.8. The Hall–Kier alpha value is -4.64. The highest BCUT2D eigenvalue weighted by atomic mass is 35.5. The number of nitrogens with one attached hydrogen (secondary N) is 1. The lowest BCUT2D eigenvalue weighted by atomic mass is 9.98. The lowest BCUT2D eigenvalue weighted by Gasteiger charge is -2.38. The Morgan fingerprint density at radius 1 is 0.922 bits per heavy atom. The summed E-state index contributed by atoms with van der Waals surface area (Å²) >= 11 is 12.1. The van der Waals surface area contributed by atoms with Crippen LogP contribution >= 0.6 is 23.2 Å². The molecular formula is C33H37Cl2N3O12S. The number of nitrogens with two attached hydrogens (primary N) is 1. The van der Waals surface area contributed by atoms with Crippen molar-refractivity contribution in [2.45, 2.75) is 63.6 Å². The number of carbonyl (C=O) groups is 5. The minimum atomic E-state index is -4.26. The van der Waals surface area contributed by atoms with E-state index in [9.17, 15) is 32.4 Å². The second-order valence-electron chi connectivity index (χ2n) is 11.8. The number of hydrogen-bond donors (Lipinski definition) is 2. The molecule has 0 fully saturated rings. The van der Waals surface area contributed by atoms with Crippen molar-refractivity contribution in [1.82, 2.24) is 4.90 Å². The van der Waals surface area contributed by atoms with Gasteiger partial charge in [0.1, 0.15) is 10.7 Å². The molecule has 3 rings (SSSR count). The smallest absolute Gasteiger partial charge is 0.420 e. The molecule has 0 aliphatic carbocycles. The summed E-state index contributed by atoms with van der Waals surface area (Å²) in [6, 6.07) is 10.8. The van der Waals surface area contributed by atoms with Crippen LogP contribution in [0.1, 0.15) is 67.0 Å². The third-order valence-corrected chi connectivity index (χ3v) is 8.58. The van der Waals surface area contributed by atoms with Gasteiger partial charge in [0, 0.05) is 16.1 Å². The average molecular weight is 771 g/mol. The molecule has 0 radical (unpaired) electrons. The maximum absolute atomic E-state index is 13.0. The van der Waals surface area contributed by atoms with Gasteiger partial charge in [-0.15, -0.1) is 0 Å². The molecule has 0 saturated heterocycles. The standard InChI is InChI=1S/C33H37Cl2N3O12S/c1-20(28(39)21-9-7-10-22(34)15-21)38(33(2,3)4)32(43)50-19-49-31(42)30(41)48-13-6-5-12-47-29(40)24-16-27(51(36,44)45)25(35)17-26(24)37-18-23-11-8-14-46-23/h7-11,14-17,20,37H,5-6,12-13,18-19H2,1-4H3,(H2,36,44,45). The molecule has 0 aliphatic rings. The fourth-order valence-corrected chi connectivity index (χ4v) is 5.92. The zero-order valence-corrected chi connectivity index (χ0v) is 30.4. The van der Waals surface area contributed by atoms with E-state index in [1.165, 1.54) is 30.2 Å². The molecule has 51 heavy (non-hydrogen) atoms. The number of furan rings is 1. The van der Waals surface area contributed by atoms with Crippen molar-refractivity contribution in [3.05, 3.63) is 81.7 Å². The third kappa shape index (κ3) is 12.0. The minimum Gasteiger partial charge on any atom is -0.467 e. The van der Waals surface area contributed by atoms with Crippen molar-refractivity contribution in [2.24, 2.45) is 5.14 Å². The van der Waals surface area contributed by atoms with Crippen LogP contribution in [0, 0.1) is 0 Å². The van der Waals surface area contributed by atoms with Crippen LogP contribution in [0.15, 0.2) is 64.1 Å². The molecule has 0 spiro atoms. The van der Waals surface area contributed by atoms with Crippen molar-refractivity contribution in [3.8, 4) is 0 Å². The summed E-state index contributed by atoms with van der Waals surface area (Å²) in [6.07, 6.45) is 0.832. The van der Waals surface area contributed by atoms with E-state index >= 15 is 0 Å². The summed E-state index contributed by atoms with van der Waals surface area (Å²) in [4.78, 5) is 63.7. The van der Waals surface area contributed by atoms with E-state index < -0.39 is 63.1 Å². The van der Waals surface area contributed by atoms with E-state index in [0.29, 0.717) is 10.8 Å². The number of anilines is 1. The molecule has 0 bridgehead atoms. The number of carbonyl (C=O) groups excluding carboxylic acids is 5. The first-order valence-corrected chi connectivity index (χ1v) is 17.6. The molecule has 1 atom stereocenters. The number of primary sulfonamides is 1. The predicted octanol–water partition coefficient (Wildman–Crippen LogP) is 5.34. The van der Waals surface area contributed by atoms with Gasteiger partial charge in [0.25, 0.3) is 0 Å². The highest BCUT2D eigenvalue weighted by Crippen LogP contribution is 2.29. The fourth-order valence-electron chi connectivity index (χ4n) is 4.63. The van der Waals surface area contributed by atoms with Gasteiger partial charge in [-0.3, -0.25) is 9.69 Å². The Bertz CT molecular complexity index is 1840. The molecule has 0 saturated carbocycles. The number of esters is 3. The minimum absolute atomic E-state index is 0.148. The third-order valence-electron chi connectivity index (χ3n) is 6.97. The van der Waals surface area contributed by atoms with Crippen LogP contribution in [-0.2, 0) is 45.1 Å².